The summed E-state index contributed by atoms with van der Waals surface area (Å²) in [7, 11) is 0. The number of aliphatic hydroxyl groups excluding tert-OH is 1. The van der Waals surface area contributed by atoms with Crippen LogP contribution in [0.4, 0.5) is 4.79 Å². The highest BCUT2D eigenvalue weighted by Crippen LogP contribution is 2.39. The van der Waals surface area contributed by atoms with Crippen molar-refractivity contribution in [2.75, 3.05) is 26.2 Å². The molecule has 1 spiro atoms. The summed E-state index contributed by atoms with van der Waals surface area (Å²) in [6, 6.07) is 0. The molecule has 2 saturated heterocycles. The number of nitrogens with zero attached hydrogens (tertiary/aromatic N) is 1. The Morgan fingerprint density at radius 3 is 2.53 bits per heavy atom. The number of likely N-dealkylation sites (tertiary alicyclic amines) is 1. The highest BCUT2D eigenvalue weighted by molar-refractivity contribution is 5.65. The van der Waals surface area contributed by atoms with Crippen molar-refractivity contribution in [1.82, 2.24) is 10.2 Å². The van der Waals surface area contributed by atoms with Gasteiger partial charge in [-0.25, -0.2) is 4.79 Å². The molecule has 0 radical (unpaired) electrons. The monoisotopic (exact) mass is 214 g/mol. The van der Waals surface area contributed by atoms with Crippen molar-refractivity contribution in [1.29, 1.82) is 0 Å². The van der Waals surface area contributed by atoms with Crippen LogP contribution in [-0.2, 0) is 0 Å². The van der Waals surface area contributed by atoms with E-state index in [4.69, 9.17) is 5.11 Å². The zero-order valence-corrected chi connectivity index (χ0v) is 8.78. The lowest BCUT2D eigenvalue weighted by Crippen LogP contribution is -2.54. The van der Waals surface area contributed by atoms with Gasteiger partial charge < -0.3 is 20.4 Å². The Morgan fingerprint density at radius 2 is 2.00 bits per heavy atom. The molecule has 0 aromatic heterocycles. The molecule has 1 amide bonds. The Bertz CT molecular complexity index is 249. The summed E-state index contributed by atoms with van der Waals surface area (Å²) in [5.74, 6) is 0. The van der Waals surface area contributed by atoms with Gasteiger partial charge in [-0.1, -0.05) is 0 Å². The molecular formula is C10H18N2O3. The standard InChI is InChI=1S/C10H18N2O3/c13-8-7-11-4-1-10(8)2-5-12(6-3-10)9(14)15/h8,11,13H,1-7H2,(H,14,15). The first-order valence-electron chi connectivity index (χ1n) is 5.51. The second-order valence-corrected chi connectivity index (χ2v) is 4.60. The summed E-state index contributed by atoms with van der Waals surface area (Å²) >= 11 is 0. The lowest BCUT2D eigenvalue weighted by Gasteiger charge is -2.46. The maximum Gasteiger partial charge on any atom is 0.407 e. The van der Waals surface area contributed by atoms with Crippen LogP contribution in [-0.4, -0.2) is 53.5 Å². The number of rotatable bonds is 0. The molecular weight excluding hydrogens is 196 g/mol. The number of carbonyl (C=O) groups is 1. The molecule has 2 heterocycles. The van der Waals surface area contributed by atoms with Crippen molar-refractivity contribution in [2.24, 2.45) is 5.41 Å². The Hall–Kier alpha value is -0.810. The quantitative estimate of drug-likeness (QED) is 0.535. The van der Waals surface area contributed by atoms with Gasteiger partial charge in [-0.2, -0.15) is 0 Å². The van der Waals surface area contributed by atoms with Gasteiger partial charge in [0.1, 0.15) is 0 Å². The maximum absolute atomic E-state index is 10.8. The van der Waals surface area contributed by atoms with Crippen molar-refractivity contribution < 1.29 is 15.0 Å². The van der Waals surface area contributed by atoms with Crippen molar-refractivity contribution in [3.63, 3.8) is 0 Å². The molecule has 1 atom stereocenters. The fourth-order valence-electron chi connectivity index (χ4n) is 2.69. The summed E-state index contributed by atoms with van der Waals surface area (Å²) in [6.45, 7) is 2.70. The van der Waals surface area contributed by atoms with Gasteiger partial charge in [-0.3, -0.25) is 0 Å². The van der Waals surface area contributed by atoms with Crippen LogP contribution in [0.2, 0.25) is 0 Å². The average Bonchev–Trinajstić information content (AvgIpc) is 2.23. The largest absolute Gasteiger partial charge is 0.465 e. The van der Waals surface area contributed by atoms with Crippen molar-refractivity contribution in [2.45, 2.75) is 25.4 Å². The Labute approximate surface area is 89.1 Å². The Morgan fingerprint density at radius 1 is 1.33 bits per heavy atom. The van der Waals surface area contributed by atoms with Gasteiger partial charge in [0.05, 0.1) is 6.10 Å². The minimum atomic E-state index is -0.840. The van der Waals surface area contributed by atoms with Crippen LogP contribution >= 0.6 is 0 Å². The molecule has 5 heteroatoms. The number of nitrogens with one attached hydrogen (secondary N) is 1. The van der Waals surface area contributed by atoms with E-state index < -0.39 is 6.09 Å². The summed E-state index contributed by atoms with van der Waals surface area (Å²) in [4.78, 5) is 12.2. The van der Waals surface area contributed by atoms with Gasteiger partial charge >= 0.3 is 6.09 Å². The van der Waals surface area contributed by atoms with Crippen LogP contribution in [0.25, 0.3) is 0 Å². The van der Waals surface area contributed by atoms with Gasteiger partial charge in [0.2, 0.25) is 0 Å². The first-order valence-corrected chi connectivity index (χ1v) is 5.51. The molecule has 0 aliphatic carbocycles. The fourth-order valence-corrected chi connectivity index (χ4v) is 2.69. The van der Waals surface area contributed by atoms with E-state index in [2.05, 4.69) is 5.32 Å². The number of amides is 1. The molecule has 0 aromatic rings. The first kappa shape index (κ1) is 10.7. The minimum Gasteiger partial charge on any atom is -0.465 e. The molecule has 1 unspecified atom stereocenters. The third-order valence-corrected chi connectivity index (χ3v) is 3.87. The fraction of sp³-hybridized carbons (Fsp3) is 0.900. The zero-order valence-electron chi connectivity index (χ0n) is 8.78. The molecule has 15 heavy (non-hydrogen) atoms. The molecule has 2 fully saturated rings. The van der Waals surface area contributed by atoms with E-state index in [-0.39, 0.29) is 11.5 Å². The molecule has 0 saturated carbocycles. The smallest absolute Gasteiger partial charge is 0.407 e. The van der Waals surface area contributed by atoms with Crippen LogP contribution in [0, 0.1) is 5.41 Å². The van der Waals surface area contributed by atoms with Crippen LogP contribution < -0.4 is 5.32 Å². The average molecular weight is 214 g/mol. The van der Waals surface area contributed by atoms with Crippen LogP contribution in [0.1, 0.15) is 19.3 Å². The minimum absolute atomic E-state index is 0.0306. The second-order valence-electron chi connectivity index (χ2n) is 4.60. The predicted molar refractivity (Wildman–Crippen MR) is 54.8 cm³/mol. The lowest BCUT2D eigenvalue weighted by molar-refractivity contribution is -0.0401. The van der Waals surface area contributed by atoms with E-state index in [1.807, 2.05) is 0 Å². The SMILES string of the molecule is O=C(O)N1CCC2(CCNCC2O)CC1. The van der Waals surface area contributed by atoms with Crippen LogP contribution in [0.15, 0.2) is 0 Å². The molecule has 5 nitrogen and oxygen atoms in total. The van der Waals surface area contributed by atoms with E-state index >= 15 is 0 Å². The van der Waals surface area contributed by atoms with Gasteiger partial charge in [0, 0.05) is 25.0 Å². The summed E-state index contributed by atoms with van der Waals surface area (Å²) in [5, 5.41) is 22.0. The Balaban J connectivity index is 1.98. The molecule has 3 N–H and O–H groups in total. The van der Waals surface area contributed by atoms with Crippen molar-refractivity contribution >= 4 is 6.09 Å². The van der Waals surface area contributed by atoms with E-state index in [0.717, 1.165) is 25.8 Å². The normalized spacial score (nSPS) is 30.5. The highest BCUT2D eigenvalue weighted by Gasteiger charge is 2.42. The number of aliphatic hydroxyl groups is 1. The molecule has 0 bridgehead atoms. The molecule has 0 aromatic carbocycles. The molecule has 2 rings (SSSR count). The second kappa shape index (κ2) is 3.98. The first-order chi connectivity index (χ1) is 7.14. The van der Waals surface area contributed by atoms with Gasteiger partial charge in [0.15, 0.2) is 0 Å². The van der Waals surface area contributed by atoms with E-state index in [9.17, 15) is 9.90 Å². The van der Waals surface area contributed by atoms with E-state index in [1.54, 1.807) is 0 Å². The van der Waals surface area contributed by atoms with Gasteiger partial charge in [-0.15, -0.1) is 0 Å². The molecule has 2 aliphatic rings. The van der Waals surface area contributed by atoms with Crippen molar-refractivity contribution in [3.05, 3.63) is 0 Å². The highest BCUT2D eigenvalue weighted by atomic mass is 16.4. The van der Waals surface area contributed by atoms with Crippen LogP contribution in [0.3, 0.4) is 0 Å². The number of hydrogen-bond acceptors (Lipinski definition) is 3. The number of hydrogen-bond donors (Lipinski definition) is 3. The lowest BCUT2D eigenvalue weighted by atomic mass is 9.70. The topological polar surface area (TPSA) is 72.8 Å². The van der Waals surface area contributed by atoms with E-state index in [1.165, 1.54) is 4.90 Å². The van der Waals surface area contributed by atoms with Gasteiger partial charge in [0.25, 0.3) is 0 Å². The molecule has 86 valence electrons. The predicted octanol–water partition coefficient (Wildman–Crippen LogP) is 0.101. The molecule has 2 aliphatic heterocycles. The van der Waals surface area contributed by atoms with Crippen molar-refractivity contribution in [3.8, 4) is 0 Å². The van der Waals surface area contributed by atoms with Gasteiger partial charge in [-0.05, 0) is 25.8 Å². The third-order valence-electron chi connectivity index (χ3n) is 3.87. The summed E-state index contributed by atoms with van der Waals surface area (Å²) in [6.07, 6.45) is 1.39. The summed E-state index contributed by atoms with van der Waals surface area (Å²) < 4.78 is 0. The number of β-amino-alcohol motifs (C(OH)–C–C–N with tert-alkyl or cyclic N) is 1. The maximum atomic E-state index is 10.8. The number of piperidine rings is 2. The third kappa shape index (κ3) is 1.94. The zero-order chi connectivity index (χ0) is 10.9. The Kier molecular flexibility index (Phi) is 2.84. The summed E-state index contributed by atoms with van der Waals surface area (Å²) in [5.41, 5.74) is -0.0306. The van der Waals surface area contributed by atoms with E-state index in [0.29, 0.717) is 19.6 Å². The number of carboxylic acid groups (broad SMARTS) is 1. The van der Waals surface area contributed by atoms with Crippen LogP contribution in [0.5, 0.6) is 0 Å².